The number of nitrogens with one attached hydrogen (secondary N) is 2. The Bertz CT molecular complexity index is 2450. The summed E-state index contributed by atoms with van der Waals surface area (Å²) in [6.45, 7) is 4.26. The van der Waals surface area contributed by atoms with Crippen molar-refractivity contribution in [3.05, 3.63) is 126 Å². The lowest BCUT2D eigenvalue weighted by molar-refractivity contribution is -0.132. The molecule has 0 aliphatic heterocycles. The summed E-state index contributed by atoms with van der Waals surface area (Å²) in [6.07, 6.45) is 3.46. The number of methoxy groups -OCH3 is 1. The van der Waals surface area contributed by atoms with Gasteiger partial charge in [0.15, 0.2) is 23.0 Å². The van der Waals surface area contributed by atoms with Gasteiger partial charge in [0.25, 0.3) is 0 Å². The second-order valence-electron chi connectivity index (χ2n) is 16.7. The molecule has 0 unspecified atom stereocenters. The van der Waals surface area contributed by atoms with Crippen LogP contribution in [0.3, 0.4) is 0 Å². The van der Waals surface area contributed by atoms with Crippen molar-refractivity contribution in [3.63, 3.8) is 0 Å². The lowest BCUT2D eigenvalue weighted by atomic mass is 9.58. The molecule has 4 aromatic carbocycles. The topological polar surface area (TPSA) is 198 Å². The number of Topliss-reactive ketones (excluding diaryl/α,β-unsaturated/α-hetero) is 1. The number of carbonyl (C=O) groups excluding carboxylic acids is 1. The zero-order valence-electron chi connectivity index (χ0n) is 34.7. The van der Waals surface area contributed by atoms with E-state index in [1.54, 1.807) is 42.6 Å². The number of pyridine rings is 1. The maximum absolute atomic E-state index is 15.2. The summed E-state index contributed by atoms with van der Waals surface area (Å²) in [5.74, 6) is -1.17. The number of ketones is 1. The van der Waals surface area contributed by atoms with Crippen LogP contribution in [-0.4, -0.2) is 72.3 Å². The van der Waals surface area contributed by atoms with Crippen LogP contribution in [0.25, 0.3) is 10.8 Å². The number of rotatable bonds is 18. The number of aliphatic hydroxyl groups is 2. The third-order valence-electron chi connectivity index (χ3n) is 12.1. The van der Waals surface area contributed by atoms with Crippen molar-refractivity contribution in [3.8, 4) is 34.5 Å². The number of benzene rings is 4. The molecular formula is C49H55N3O9. The number of aryl methyl sites for hydroxylation is 2. The van der Waals surface area contributed by atoms with E-state index >= 15 is 4.79 Å². The highest BCUT2D eigenvalue weighted by Gasteiger charge is 2.57. The minimum Gasteiger partial charge on any atom is -0.508 e. The normalized spacial score (nSPS) is 18.6. The molecule has 7 rings (SSSR count). The summed E-state index contributed by atoms with van der Waals surface area (Å²) in [6, 6.07) is 26.7. The average Bonchev–Trinajstić information content (AvgIpc) is 3.88. The van der Waals surface area contributed by atoms with Gasteiger partial charge in [-0.2, -0.15) is 0 Å². The van der Waals surface area contributed by atoms with Crippen LogP contribution < -0.4 is 14.8 Å². The van der Waals surface area contributed by atoms with E-state index in [0.29, 0.717) is 49.4 Å². The summed E-state index contributed by atoms with van der Waals surface area (Å²) in [5, 5.41) is 71.2. The van der Waals surface area contributed by atoms with Crippen LogP contribution in [-0.2, 0) is 29.5 Å². The number of carbonyl (C=O) groups is 1. The number of phenols is 4. The molecule has 6 aromatic rings. The molecule has 1 aliphatic carbocycles. The van der Waals surface area contributed by atoms with Gasteiger partial charge in [0.1, 0.15) is 17.4 Å². The molecule has 1 saturated carbocycles. The summed E-state index contributed by atoms with van der Waals surface area (Å²) < 4.78 is 11.2. The van der Waals surface area contributed by atoms with Crippen LogP contribution in [0.4, 0.5) is 11.5 Å². The first kappa shape index (κ1) is 42.9. The van der Waals surface area contributed by atoms with E-state index in [0.717, 1.165) is 33.3 Å². The van der Waals surface area contributed by atoms with Gasteiger partial charge in [-0.3, -0.25) is 4.79 Å². The monoisotopic (exact) mass is 829 g/mol. The zero-order chi connectivity index (χ0) is 43.3. The van der Waals surface area contributed by atoms with Gasteiger partial charge >= 0.3 is 0 Å². The number of aromatic hydroxyl groups is 4. The van der Waals surface area contributed by atoms with Crippen LogP contribution in [0.15, 0.2) is 103 Å². The predicted octanol–water partition coefficient (Wildman–Crippen LogP) is 8.24. The number of phenolic OH excluding ortho intramolecular Hbond substituents is 4. The van der Waals surface area contributed by atoms with Gasteiger partial charge in [0.2, 0.25) is 5.75 Å². The van der Waals surface area contributed by atoms with E-state index in [1.165, 1.54) is 13.2 Å². The molecule has 0 radical (unpaired) electrons. The number of nitrogens with zero attached hydrogens (tertiary/aromatic N) is 1. The Kier molecular flexibility index (Phi) is 13.1. The van der Waals surface area contributed by atoms with Crippen LogP contribution in [0.5, 0.6) is 34.5 Å². The van der Waals surface area contributed by atoms with Crippen LogP contribution in [0, 0.1) is 17.8 Å². The number of anilines is 2. The maximum atomic E-state index is 15.2. The minimum absolute atomic E-state index is 0.00553. The van der Waals surface area contributed by atoms with Crippen molar-refractivity contribution in [1.29, 1.82) is 0 Å². The Morgan fingerprint density at radius 1 is 0.902 bits per heavy atom. The molecule has 1 fully saturated rings. The average molecular weight is 830 g/mol. The zero-order valence-corrected chi connectivity index (χ0v) is 34.7. The van der Waals surface area contributed by atoms with Gasteiger partial charge in [0.05, 0.1) is 31.8 Å². The standard InChI is InChI=1S/C49H55N3O9/c1-29(2)28-61-45-23-31(21-43(58)48(45)59)8-15-42(57)47(41(56)14-7-30-6-13-40(55)44(22-30)60-3)49(18-16-39(54)38(49)27-35-5-4-19-50-35)34-17-20-51-46(26-34)52-36-11-9-33-25-37(53)12-10-32(33)24-36/h4-6,9-13,17,19-26,29,38-39,41,47,50,53-56,58-59H,7-8,14-16,18,27-28H2,1-3H3,(H,51,52)/t38-,39+,41-,47-,49-/m1/s1. The predicted molar refractivity (Wildman–Crippen MR) is 234 cm³/mol. The van der Waals surface area contributed by atoms with Crippen molar-refractivity contribution < 1.29 is 44.9 Å². The number of aromatic amines is 1. The van der Waals surface area contributed by atoms with Crippen molar-refractivity contribution in [2.24, 2.45) is 17.8 Å². The number of fused-ring (bicyclic) bond motifs is 1. The number of aliphatic hydroxyl groups excluding tert-OH is 2. The summed E-state index contributed by atoms with van der Waals surface area (Å²) in [7, 11) is 1.47. The molecule has 0 saturated heterocycles. The Hall–Kier alpha value is -6.24. The van der Waals surface area contributed by atoms with Gasteiger partial charge in [-0.1, -0.05) is 32.0 Å². The Balaban J connectivity index is 1.29. The lowest BCUT2D eigenvalue weighted by Crippen LogP contribution is -2.51. The number of aromatic nitrogens is 2. The van der Waals surface area contributed by atoms with Crippen molar-refractivity contribution in [2.45, 2.75) is 76.4 Å². The highest BCUT2D eigenvalue weighted by Crippen LogP contribution is 2.54. The van der Waals surface area contributed by atoms with Crippen molar-refractivity contribution >= 4 is 28.1 Å². The molecule has 61 heavy (non-hydrogen) atoms. The minimum atomic E-state index is -1.18. The summed E-state index contributed by atoms with van der Waals surface area (Å²) in [5.41, 5.74) is 2.71. The lowest BCUT2D eigenvalue weighted by Gasteiger charge is -2.45. The van der Waals surface area contributed by atoms with Crippen LogP contribution in [0.2, 0.25) is 0 Å². The Labute approximate surface area is 355 Å². The first-order valence-corrected chi connectivity index (χ1v) is 20.9. The molecular weight excluding hydrogens is 775 g/mol. The van der Waals surface area contributed by atoms with Gasteiger partial charge in [0, 0.05) is 41.5 Å². The largest absolute Gasteiger partial charge is 0.508 e. The molecule has 12 heteroatoms. The van der Waals surface area contributed by atoms with Crippen molar-refractivity contribution in [2.75, 3.05) is 19.0 Å². The molecule has 2 aromatic heterocycles. The molecule has 0 bridgehead atoms. The molecule has 1 aliphatic rings. The highest BCUT2D eigenvalue weighted by molar-refractivity contribution is 5.87. The van der Waals surface area contributed by atoms with Gasteiger partial charge < -0.3 is 50.4 Å². The molecule has 0 amide bonds. The molecule has 5 atom stereocenters. The molecule has 12 nitrogen and oxygen atoms in total. The second-order valence-corrected chi connectivity index (χ2v) is 16.7. The third-order valence-corrected chi connectivity index (χ3v) is 12.1. The fourth-order valence-corrected chi connectivity index (χ4v) is 9.12. The van der Waals surface area contributed by atoms with E-state index in [1.807, 2.05) is 68.6 Å². The Morgan fingerprint density at radius 3 is 2.46 bits per heavy atom. The molecule has 2 heterocycles. The second kappa shape index (κ2) is 18.6. The molecule has 0 spiro atoms. The number of hydrogen-bond donors (Lipinski definition) is 8. The van der Waals surface area contributed by atoms with Crippen LogP contribution in [0.1, 0.15) is 61.9 Å². The fraction of sp³-hybridized carbons (Fsp3) is 0.347. The van der Waals surface area contributed by atoms with Crippen molar-refractivity contribution in [1.82, 2.24) is 9.97 Å². The first-order chi connectivity index (χ1) is 29.3. The van der Waals surface area contributed by atoms with E-state index in [9.17, 15) is 30.6 Å². The molecule has 8 N–H and O–H groups in total. The third kappa shape index (κ3) is 9.56. The number of ether oxygens (including phenoxy) is 2. The Morgan fingerprint density at radius 2 is 1.69 bits per heavy atom. The smallest absolute Gasteiger partial charge is 0.200 e. The quantitative estimate of drug-likeness (QED) is 0.0389. The SMILES string of the molecule is COc1cc(CC[C@@H](O)[C@H](C(=O)CCc2cc(O)c(O)c(OCC(C)C)c2)[C@@]2(c3ccnc(Nc4ccc5cc(O)ccc5c4)c3)CC[C@H](O)[C@H]2Cc2ccc[nH]2)ccc1O. The van der Waals surface area contributed by atoms with Gasteiger partial charge in [-0.25, -0.2) is 4.98 Å². The van der Waals surface area contributed by atoms with Gasteiger partial charge in [-0.15, -0.1) is 0 Å². The molecule has 320 valence electrons. The van der Waals surface area contributed by atoms with E-state index in [4.69, 9.17) is 9.47 Å². The fourth-order valence-electron chi connectivity index (χ4n) is 9.12. The number of H-pyrrole nitrogens is 1. The van der Waals surface area contributed by atoms with Gasteiger partial charge in [-0.05, 0) is 145 Å². The first-order valence-electron chi connectivity index (χ1n) is 20.9. The summed E-state index contributed by atoms with van der Waals surface area (Å²) >= 11 is 0. The van der Waals surface area contributed by atoms with E-state index < -0.39 is 29.5 Å². The van der Waals surface area contributed by atoms with E-state index in [-0.39, 0.29) is 59.7 Å². The maximum Gasteiger partial charge on any atom is 0.200 e. The number of hydrogen-bond acceptors (Lipinski definition) is 11. The highest BCUT2D eigenvalue weighted by atomic mass is 16.5. The van der Waals surface area contributed by atoms with Crippen LogP contribution >= 0.6 is 0 Å². The summed E-state index contributed by atoms with van der Waals surface area (Å²) in [4.78, 5) is 23.2. The van der Waals surface area contributed by atoms with E-state index in [2.05, 4.69) is 15.3 Å².